The number of benzene rings is 1. The number of nitrogens with zero attached hydrogens (tertiary/aromatic N) is 3. The zero-order valence-electron chi connectivity index (χ0n) is 16.6. The highest BCUT2D eigenvalue weighted by Gasteiger charge is 2.35. The molecular formula is C23H18FN3O2S2. The van der Waals surface area contributed by atoms with E-state index in [2.05, 4.69) is 5.10 Å². The molecule has 1 unspecified atom stereocenters. The van der Waals surface area contributed by atoms with E-state index >= 15 is 0 Å². The van der Waals surface area contributed by atoms with Crippen molar-refractivity contribution in [1.29, 1.82) is 0 Å². The largest absolute Gasteiger partial charge is 0.325 e. The molecule has 0 N–H and O–H groups in total. The first kappa shape index (κ1) is 19.8. The number of aryl methyl sites for hydroxylation is 1. The summed E-state index contributed by atoms with van der Waals surface area (Å²) in [5.74, 6) is -0.914. The third-order valence-electron chi connectivity index (χ3n) is 5.43. The lowest BCUT2D eigenvalue weighted by Gasteiger charge is -2.35. The predicted molar refractivity (Wildman–Crippen MR) is 120 cm³/mol. The summed E-state index contributed by atoms with van der Waals surface area (Å²) in [7, 11) is 0. The Morgan fingerprint density at radius 1 is 1.13 bits per heavy atom. The third kappa shape index (κ3) is 3.41. The van der Waals surface area contributed by atoms with Crippen LogP contribution in [0.3, 0.4) is 0 Å². The Labute approximate surface area is 186 Å². The number of hydrogen-bond donors (Lipinski definition) is 0. The zero-order chi connectivity index (χ0) is 21.5. The van der Waals surface area contributed by atoms with Crippen LogP contribution in [-0.4, -0.2) is 27.1 Å². The van der Waals surface area contributed by atoms with Crippen LogP contribution in [0, 0.1) is 12.7 Å². The lowest BCUT2D eigenvalue weighted by atomic mass is 9.98. The molecule has 31 heavy (non-hydrogen) atoms. The molecule has 1 aliphatic rings. The fourth-order valence-electron chi connectivity index (χ4n) is 3.99. The van der Waals surface area contributed by atoms with Gasteiger partial charge in [0.2, 0.25) is 5.43 Å². The maximum absolute atomic E-state index is 14.4. The summed E-state index contributed by atoms with van der Waals surface area (Å²) in [6.45, 7) is 2.16. The zero-order valence-corrected chi connectivity index (χ0v) is 18.3. The summed E-state index contributed by atoms with van der Waals surface area (Å²) in [6, 6.07) is 13.3. The lowest BCUT2D eigenvalue weighted by Crippen LogP contribution is -2.42. The molecule has 5 rings (SSSR count). The summed E-state index contributed by atoms with van der Waals surface area (Å²) >= 11 is 3.26. The number of para-hydroxylation sites is 1. The van der Waals surface area contributed by atoms with Crippen LogP contribution >= 0.6 is 22.7 Å². The minimum Gasteiger partial charge on any atom is -0.325 e. The molecule has 1 amide bonds. The number of hydrogen-bond acceptors (Lipinski definition) is 5. The van der Waals surface area contributed by atoms with Crippen molar-refractivity contribution < 1.29 is 9.18 Å². The molecule has 0 saturated heterocycles. The highest BCUT2D eigenvalue weighted by molar-refractivity contribution is 7.10. The molecule has 1 aromatic carbocycles. The first-order valence-electron chi connectivity index (χ1n) is 9.81. The van der Waals surface area contributed by atoms with Crippen molar-refractivity contribution in [3.63, 3.8) is 0 Å². The van der Waals surface area contributed by atoms with Gasteiger partial charge in [-0.15, -0.1) is 22.7 Å². The minimum absolute atomic E-state index is 0.197. The first-order chi connectivity index (χ1) is 15.0. The van der Waals surface area contributed by atoms with Gasteiger partial charge >= 0.3 is 0 Å². The van der Waals surface area contributed by atoms with E-state index < -0.39 is 17.2 Å². The topological polar surface area (TPSA) is 55.2 Å². The van der Waals surface area contributed by atoms with Crippen LogP contribution in [0.1, 0.15) is 37.5 Å². The number of amides is 1. The van der Waals surface area contributed by atoms with Gasteiger partial charge in [-0.2, -0.15) is 5.10 Å². The highest BCUT2D eigenvalue weighted by Crippen LogP contribution is 2.39. The molecule has 0 bridgehead atoms. The van der Waals surface area contributed by atoms with Crippen molar-refractivity contribution in [3.05, 3.63) is 102 Å². The molecule has 0 saturated carbocycles. The molecule has 1 aliphatic heterocycles. The van der Waals surface area contributed by atoms with E-state index in [4.69, 9.17) is 0 Å². The molecule has 0 radical (unpaired) electrons. The second kappa shape index (κ2) is 7.86. The molecule has 4 aromatic rings. The van der Waals surface area contributed by atoms with Gasteiger partial charge in [0.15, 0.2) is 5.69 Å². The summed E-state index contributed by atoms with van der Waals surface area (Å²) in [5, 5.41) is 8.33. The summed E-state index contributed by atoms with van der Waals surface area (Å²) in [5.41, 5.74) is 1.08. The third-order valence-corrected chi connectivity index (χ3v) is 7.35. The fraction of sp³-hybridized carbons (Fsp3) is 0.174. The second-order valence-corrected chi connectivity index (χ2v) is 9.31. The standard InChI is InChI=1S/C23H18FN3O2S2/c1-14-13-18(28)21(25-27(14)17-6-3-2-5-16(17)24)23(29)26-10-8-19-15(9-12-31-19)22(26)20-7-4-11-30-20/h2-7,9,11-13,22H,8,10H2,1H3. The normalized spacial score (nSPS) is 15.7. The molecule has 0 fully saturated rings. The van der Waals surface area contributed by atoms with E-state index in [0.717, 1.165) is 16.9 Å². The highest BCUT2D eigenvalue weighted by atomic mass is 32.1. The van der Waals surface area contributed by atoms with E-state index in [1.807, 2.05) is 29.0 Å². The van der Waals surface area contributed by atoms with Gasteiger partial charge < -0.3 is 4.90 Å². The summed E-state index contributed by atoms with van der Waals surface area (Å²) in [4.78, 5) is 30.4. The van der Waals surface area contributed by atoms with Crippen LogP contribution in [0.15, 0.2) is 64.1 Å². The Kier molecular flexibility index (Phi) is 5.03. The van der Waals surface area contributed by atoms with Crippen molar-refractivity contribution in [1.82, 2.24) is 14.7 Å². The van der Waals surface area contributed by atoms with Crippen molar-refractivity contribution in [2.45, 2.75) is 19.4 Å². The number of rotatable bonds is 3. The smallest absolute Gasteiger partial charge is 0.279 e. The van der Waals surface area contributed by atoms with Gasteiger partial charge in [-0.3, -0.25) is 9.59 Å². The van der Waals surface area contributed by atoms with Gasteiger partial charge in [-0.25, -0.2) is 9.07 Å². The van der Waals surface area contributed by atoms with Gasteiger partial charge in [0.05, 0.1) is 6.04 Å². The van der Waals surface area contributed by atoms with Crippen LogP contribution in [-0.2, 0) is 6.42 Å². The minimum atomic E-state index is -0.475. The monoisotopic (exact) mass is 451 g/mol. The van der Waals surface area contributed by atoms with Gasteiger partial charge in [0, 0.05) is 28.1 Å². The number of halogens is 1. The number of carbonyl (C=O) groups is 1. The summed E-state index contributed by atoms with van der Waals surface area (Å²) < 4.78 is 15.7. The van der Waals surface area contributed by atoms with Gasteiger partial charge in [0.1, 0.15) is 11.5 Å². The van der Waals surface area contributed by atoms with E-state index in [9.17, 15) is 14.0 Å². The van der Waals surface area contributed by atoms with Gasteiger partial charge in [-0.1, -0.05) is 18.2 Å². The van der Waals surface area contributed by atoms with E-state index in [0.29, 0.717) is 12.2 Å². The number of thiophene rings is 2. The molecular weight excluding hydrogens is 433 g/mol. The Balaban J connectivity index is 1.61. The number of carbonyl (C=O) groups excluding carboxylic acids is 1. The first-order valence-corrected chi connectivity index (χ1v) is 11.6. The van der Waals surface area contributed by atoms with Crippen molar-refractivity contribution in [3.8, 4) is 5.69 Å². The van der Waals surface area contributed by atoms with Crippen molar-refractivity contribution >= 4 is 28.6 Å². The van der Waals surface area contributed by atoms with Crippen LogP contribution < -0.4 is 5.43 Å². The molecule has 5 nitrogen and oxygen atoms in total. The van der Waals surface area contributed by atoms with Gasteiger partial charge in [-0.05, 0) is 53.9 Å². The second-order valence-electron chi connectivity index (χ2n) is 7.33. The van der Waals surface area contributed by atoms with E-state index in [1.165, 1.54) is 21.7 Å². The summed E-state index contributed by atoms with van der Waals surface area (Å²) in [6.07, 6.45) is 0.730. The average Bonchev–Trinajstić information content (AvgIpc) is 3.45. The van der Waals surface area contributed by atoms with Crippen LogP contribution in [0.5, 0.6) is 0 Å². The Hall–Kier alpha value is -3.10. The maximum atomic E-state index is 14.4. The Morgan fingerprint density at radius 2 is 1.97 bits per heavy atom. The van der Waals surface area contributed by atoms with Crippen LogP contribution in [0.4, 0.5) is 4.39 Å². The molecule has 0 spiro atoms. The number of fused-ring (bicyclic) bond motifs is 1. The molecule has 8 heteroatoms. The molecule has 0 aliphatic carbocycles. The average molecular weight is 452 g/mol. The Morgan fingerprint density at radius 3 is 2.74 bits per heavy atom. The molecule has 3 aromatic heterocycles. The predicted octanol–water partition coefficient (Wildman–Crippen LogP) is 4.59. The number of aromatic nitrogens is 2. The maximum Gasteiger partial charge on any atom is 0.279 e. The van der Waals surface area contributed by atoms with Gasteiger partial charge in [0.25, 0.3) is 5.91 Å². The fourth-order valence-corrected chi connectivity index (χ4v) is 5.75. The molecule has 1 atom stereocenters. The SMILES string of the molecule is Cc1cc(=O)c(C(=O)N2CCc3sccc3C2c2cccs2)nn1-c1ccccc1F. The molecule has 4 heterocycles. The quantitative estimate of drug-likeness (QED) is 0.458. The molecule has 156 valence electrons. The van der Waals surface area contributed by atoms with Crippen LogP contribution in [0.25, 0.3) is 5.69 Å². The lowest BCUT2D eigenvalue weighted by molar-refractivity contribution is 0.0689. The van der Waals surface area contributed by atoms with Crippen molar-refractivity contribution in [2.75, 3.05) is 6.54 Å². The van der Waals surface area contributed by atoms with E-state index in [-0.39, 0.29) is 17.4 Å². The Bertz CT molecular complexity index is 1330. The van der Waals surface area contributed by atoms with Crippen molar-refractivity contribution in [2.24, 2.45) is 0 Å². The van der Waals surface area contributed by atoms with E-state index in [1.54, 1.807) is 52.7 Å². The van der Waals surface area contributed by atoms with Crippen LogP contribution in [0.2, 0.25) is 0 Å².